The Morgan fingerprint density at radius 1 is 1.31 bits per heavy atom. The Morgan fingerprint density at radius 2 is 1.94 bits per heavy atom. The molecule has 0 aliphatic carbocycles. The van der Waals surface area contributed by atoms with Crippen LogP contribution in [0.15, 0.2) is 0 Å². The highest BCUT2D eigenvalue weighted by atomic mass is 32.2. The van der Waals surface area contributed by atoms with Crippen LogP contribution in [0, 0.1) is 0 Å². The van der Waals surface area contributed by atoms with Gasteiger partial charge in [-0.2, -0.15) is 17.0 Å². The minimum Gasteiger partial charge on any atom is -0.315 e. The molecule has 0 aromatic heterocycles. The molecule has 0 amide bonds. The van der Waals surface area contributed by atoms with Crippen LogP contribution in [0.2, 0.25) is 0 Å². The smallest absolute Gasteiger partial charge is 0.283 e. The van der Waals surface area contributed by atoms with Gasteiger partial charge in [0.25, 0.3) is 10.2 Å². The highest BCUT2D eigenvalue weighted by Crippen LogP contribution is 2.19. The summed E-state index contributed by atoms with van der Waals surface area (Å²) in [6.45, 7) is 4.27. The van der Waals surface area contributed by atoms with E-state index in [1.54, 1.807) is 7.05 Å². The number of rotatable bonds is 3. The number of nitrogens with two attached hydrogens (primary N) is 1. The van der Waals surface area contributed by atoms with Crippen molar-refractivity contribution in [1.29, 1.82) is 0 Å². The normalized spacial score (nSPS) is 25.0. The maximum absolute atomic E-state index is 12.3. The molecule has 1 unspecified atom stereocenters. The number of hydrogen-bond donors (Lipinski definition) is 1. The lowest BCUT2D eigenvalue weighted by atomic mass is 10.2. The lowest BCUT2D eigenvalue weighted by molar-refractivity contribution is 0.287. The molecule has 0 aromatic rings. The zero-order valence-corrected chi connectivity index (χ0v) is 11.2. The Morgan fingerprint density at radius 3 is 2.50 bits per heavy atom. The van der Waals surface area contributed by atoms with Crippen molar-refractivity contribution < 1.29 is 8.42 Å². The van der Waals surface area contributed by atoms with Crippen LogP contribution in [0.1, 0.15) is 39.5 Å². The minimum absolute atomic E-state index is 0.0412. The van der Waals surface area contributed by atoms with E-state index in [4.69, 9.17) is 5.73 Å². The molecule has 1 saturated heterocycles. The average molecular weight is 249 g/mol. The van der Waals surface area contributed by atoms with Crippen molar-refractivity contribution in [2.45, 2.75) is 51.7 Å². The lowest BCUT2D eigenvalue weighted by Crippen LogP contribution is -2.52. The van der Waals surface area contributed by atoms with Gasteiger partial charge in [-0.1, -0.05) is 12.8 Å². The van der Waals surface area contributed by atoms with E-state index in [2.05, 4.69) is 0 Å². The molecule has 1 aliphatic rings. The zero-order valence-electron chi connectivity index (χ0n) is 10.4. The molecule has 1 rings (SSSR count). The molecule has 5 nitrogen and oxygen atoms in total. The number of nitrogens with zero attached hydrogens (tertiary/aromatic N) is 2. The second-order valence-electron chi connectivity index (χ2n) is 4.65. The van der Waals surface area contributed by atoms with Gasteiger partial charge in [0.2, 0.25) is 0 Å². The summed E-state index contributed by atoms with van der Waals surface area (Å²) in [5.74, 6) is 0. The molecular formula is C10H23N3O2S. The molecule has 1 aliphatic heterocycles. The van der Waals surface area contributed by atoms with Crippen molar-refractivity contribution in [2.75, 3.05) is 13.6 Å². The predicted octanol–water partition coefficient (Wildman–Crippen LogP) is 0.732. The fraction of sp³-hybridized carbons (Fsp3) is 1.00. The van der Waals surface area contributed by atoms with E-state index >= 15 is 0 Å². The fourth-order valence-corrected chi connectivity index (χ4v) is 3.50. The van der Waals surface area contributed by atoms with Crippen molar-refractivity contribution in [3.8, 4) is 0 Å². The van der Waals surface area contributed by atoms with Crippen LogP contribution in [0.4, 0.5) is 0 Å². The van der Waals surface area contributed by atoms with Gasteiger partial charge < -0.3 is 5.73 Å². The second kappa shape index (κ2) is 5.44. The van der Waals surface area contributed by atoms with Crippen LogP contribution in [-0.2, 0) is 10.2 Å². The van der Waals surface area contributed by atoms with Gasteiger partial charge in [0.05, 0.1) is 6.17 Å². The van der Waals surface area contributed by atoms with Crippen LogP contribution >= 0.6 is 0 Å². The molecule has 2 N–H and O–H groups in total. The molecular weight excluding hydrogens is 226 g/mol. The van der Waals surface area contributed by atoms with Crippen LogP contribution in [-0.4, -0.2) is 42.8 Å². The third kappa shape index (κ3) is 2.94. The average Bonchev–Trinajstić information content (AvgIpc) is 2.41. The monoisotopic (exact) mass is 249 g/mol. The highest BCUT2D eigenvalue weighted by Gasteiger charge is 2.33. The molecule has 1 heterocycles. The summed E-state index contributed by atoms with van der Waals surface area (Å²) in [4.78, 5) is 0. The van der Waals surface area contributed by atoms with E-state index in [1.807, 2.05) is 13.8 Å². The Bertz CT molecular complexity index is 316. The first-order chi connectivity index (χ1) is 7.37. The van der Waals surface area contributed by atoms with Crippen molar-refractivity contribution >= 4 is 10.2 Å². The molecule has 96 valence electrons. The molecule has 16 heavy (non-hydrogen) atoms. The quantitative estimate of drug-likeness (QED) is 0.802. The van der Waals surface area contributed by atoms with Gasteiger partial charge in [-0.15, -0.1) is 0 Å². The van der Waals surface area contributed by atoms with E-state index in [-0.39, 0.29) is 12.2 Å². The van der Waals surface area contributed by atoms with Crippen LogP contribution in [0.25, 0.3) is 0 Å². The standard InChI is InChI=1S/C10H23N3O2S/c1-9(2)12(3)16(14,15)13-8-6-4-5-7-10(13)11/h9-10H,4-8,11H2,1-3H3. The summed E-state index contributed by atoms with van der Waals surface area (Å²) in [6.07, 6.45) is 3.36. The van der Waals surface area contributed by atoms with E-state index < -0.39 is 10.2 Å². The van der Waals surface area contributed by atoms with E-state index in [1.165, 1.54) is 8.61 Å². The second-order valence-corrected chi connectivity index (χ2v) is 6.59. The Hall–Kier alpha value is -0.170. The van der Waals surface area contributed by atoms with Gasteiger partial charge in [-0.25, -0.2) is 0 Å². The predicted molar refractivity (Wildman–Crippen MR) is 65.0 cm³/mol. The van der Waals surface area contributed by atoms with Crippen molar-refractivity contribution in [1.82, 2.24) is 8.61 Å². The molecule has 0 bridgehead atoms. The van der Waals surface area contributed by atoms with E-state index in [0.29, 0.717) is 6.54 Å². The molecule has 6 heteroatoms. The Kier molecular flexibility index (Phi) is 4.73. The lowest BCUT2D eigenvalue weighted by Gasteiger charge is -2.32. The third-order valence-electron chi connectivity index (χ3n) is 3.14. The maximum Gasteiger partial charge on any atom is 0.283 e. The summed E-state index contributed by atoms with van der Waals surface area (Å²) in [5, 5.41) is 0. The minimum atomic E-state index is -3.39. The molecule has 0 saturated carbocycles. The largest absolute Gasteiger partial charge is 0.315 e. The first-order valence-electron chi connectivity index (χ1n) is 5.87. The summed E-state index contributed by atoms with van der Waals surface area (Å²) in [6, 6.07) is -0.0412. The SMILES string of the molecule is CC(C)N(C)S(=O)(=O)N1CCCCCC1N. The summed E-state index contributed by atoms with van der Waals surface area (Å²) >= 11 is 0. The van der Waals surface area contributed by atoms with Gasteiger partial charge in [-0.05, 0) is 26.7 Å². The topological polar surface area (TPSA) is 66.6 Å². The summed E-state index contributed by atoms with van der Waals surface area (Å²) < 4.78 is 27.4. The molecule has 0 aromatic carbocycles. The first-order valence-corrected chi connectivity index (χ1v) is 7.27. The van der Waals surface area contributed by atoms with E-state index in [0.717, 1.165) is 25.7 Å². The van der Waals surface area contributed by atoms with Crippen molar-refractivity contribution in [3.05, 3.63) is 0 Å². The van der Waals surface area contributed by atoms with Crippen LogP contribution in [0.5, 0.6) is 0 Å². The molecule has 1 atom stereocenters. The zero-order chi connectivity index (χ0) is 12.3. The third-order valence-corrected chi connectivity index (χ3v) is 5.33. The molecule has 1 fully saturated rings. The maximum atomic E-state index is 12.3. The van der Waals surface area contributed by atoms with Gasteiger partial charge in [0, 0.05) is 19.6 Å². The van der Waals surface area contributed by atoms with Gasteiger partial charge in [0.15, 0.2) is 0 Å². The summed E-state index contributed by atoms with van der Waals surface area (Å²) in [7, 11) is -1.78. The van der Waals surface area contributed by atoms with Crippen molar-refractivity contribution in [3.63, 3.8) is 0 Å². The van der Waals surface area contributed by atoms with Gasteiger partial charge in [-0.3, -0.25) is 0 Å². The summed E-state index contributed by atoms with van der Waals surface area (Å²) in [5.41, 5.74) is 5.92. The van der Waals surface area contributed by atoms with E-state index in [9.17, 15) is 8.42 Å². The Balaban J connectivity index is 2.88. The molecule has 0 spiro atoms. The van der Waals surface area contributed by atoms with Crippen LogP contribution in [0.3, 0.4) is 0 Å². The van der Waals surface area contributed by atoms with Gasteiger partial charge >= 0.3 is 0 Å². The molecule has 0 radical (unpaired) electrons. The van der Waals surface area contributed by atoms with Gasteiger partial charge in [0.1, 0.15) is 0 Å². The fourth-order valence-electron chi connectivity index (χ4n) is 1.83. The highest BCUT2D eigenvalue weighted by molar-refractivity contribution is 7.86. The van der Waals surface area contributed by atoms with Crippen molar-refractivity contribution in [2.24, 2.45) is 5.73 Å². The number of hydrogen-bond acceptors (Lipinski definition) is 3. The Labute approximate surface area is 98.8 Å². The van der Waals surface area contributed by atoms with Crippen LogP contribution < -0.4 is 5.73 Å². The first kappa shape index (κ1) is 13.9.